The van der Waals surface area contributed by atoms with Crippen LogP contribution in [0.4, 0.5) is 10.2 Å². The van der Waals surface area contributed by atoms with Crippen LogP contribution in [0.25, 0.3) is 11.4 Å². The third-order valence-corrected chi connectivity index (χ3v) is 4.20. The minimum atomic E-state index is -1.10. The molecular weight excluding hydrogens is 389 g/mol. The number of halogens is 1. The molecule has 2 aromatic carbocycles. The first-order valence-electron chi connectivity index (χ1n) is 8.95. The maximum Gasteiger partial charge on any atom is 0.267 e. The van der Waals surface area contributed by atoms with Gasteiger partial charge in [-0.2, -0.15) is 0 Å². The van der Waals surface area contributed by atoms with Crippen LogP contribution in [0.3, 0.4) is 0 Å². The summed E-state index contributed by atoms with van der Waals surface area (Å²) >= 11 is 0. The number of primary amides is 2. The highest BCUT2D eigenvalue weighted by atomic mass is 19.1. The normalized spacial score (nSPS) is 11.0. The zero-order chi connectivity index (χ0) is 21.9. The van der Waals surface area contributed by atoms with Gasteiger partial charge in [0.2, 0.25) is 5.91 Å². The fraction of sp³-hybridized carbons (Fsp3) is 0.143. The van der Waals surface area contributed by atoms with Gasteiger partial charge in [0.25, 0.3) is 5.91 Å². The Labute approximate surface area is 172 Å². The highest BCUT2D eigenvalue weighted by molar-refractivity contribution is 5.92. The number of nitrogens with one attached hydrogen (secondary N) is 1. The zero-order valence-corrected chi connectivity index (χ0v) is 16.3. The van der Waals surface area contributed by atoms with E-state index in [1.54, 1.807) is 38.1 Å². The highest BCUT2D eigenvalue weighted by Crippen LogP contribution is 2.26. The van der Waals surface area contributed by atoms with E-state index >= 15 is 0 Å². The van der Waals surface area contributed by atoms with E-state index < -0.39 is 17.4 Å². The van der Waals surface area contributed by atoms with Crippen molar-refractivity contribution in [1.82, 2.24) is 9.97 Å². The topological polar surface area (TPSA) is 133 Å². The van der Waals surface area contributed by atoms with Crippen LogP contribution in [0.1, 0.15) is 24.3 Å². The van der Waals surface area contributed by atoms with Gasteiger partial charge in [-0.3, -0.25) is 9.59 Å². The number of nitrogens with two attached hydrogens (primary N) is 2. The molecule has 8 nitrogen and oxygen atoms in total. The van der Waals surface area contributed by atoms with E-state index in [1.807, 2.05) is 0 Å². The number of hydrogen-bond acceptors (Lipinski definition) is 6. The molecule has 0 fully saturated rings. The second-order valence-corrected chi connectivity index (χ2v) is 7.02. The maximum atomic E-state index is 13.0. The minimum Gasteiger partial charge on any atom is -0.457 e. The van der Waals surface area contributed by atoms with E-state index in [1.165, 1.54) is 30.3 Å². The number of anilines is 1. The Morgan fingerprint density at radius 3 is 2.07 bits per heavy atom. The Morgan fingerprint density at radius 2 is 1.53 bits per heavy atom. The average Bonchev–Trinajstić information content (AvgIpc) is 2.69. The molecule has 0 aliphatic carbocycles. The van der Waals surface area contributed by atoms with Crippen molar-refractivity contribution in [2.75, 3.05) is 5.32 Å². The smallest absolute Gasteiger partial charge is 0.267 e. The molecule has 0 unspecified atom stereocenters. The van der Waals surface area contributed by atoms with Crippen molar-refractivity contribution in [3.8, 4) is 22.9 Å². The van der Waals surface area contributed by atoms with E-state index in [0.717, 1.165) is 0 Å². The van der Waals surface area contributed by atoms with Crippen molar-refractivity contribution < 1.29 is 18.7 Å². The lowest BCUT2D eigenvalue weighted by molar-refractivity contribution is -0.121. The maximum absolute atomic E-state index is 13.0. The van der Waals surface area contributed by atoms with Crippen molar-refractivity contribution in [1.29, 1.82) is 0 Å². The largest absolute Gasteiger partial charge is 0.457 e. The Morgan fingerprint density at radius 1 is 0.967 bits per heavy atom. The quantitative estimate of drug-likeness (QED) is 0.549. The summed E-state index contributed by atoms with van der Waals surface area (Å²) in [5.41, 5.74) is 10.2. The van der Waals surface area contributed by atoms with Crippen LogP contribution in [0.15, 0.2) is 54.6 Å². The first-order valence-corrected chi connectivity index (χ1v) is 8.95. The second kappa shape index (κ2) is 8.16. The lowest BCUT2D eigenvalue weighted by atomic mass is 10.1. The summed E-state index contributed by atoms with van der Waals surface area (Å²) in [6.45, 7) is 3.17. The summed E-state index contributed by atoms with van der Waals surface area (Å²) < 4.78 is 18.7. The molecule has 5 N–H and O–H groups in total. The van der Waals surface area contributed by atoms with E-state index in [-0.39, 0.29) is 23.2 Å². The molecule has 9 heteroatoms. The van der Waals surface area contributed by atoms with Crippen molar-refractivity contribution >= 4 is 17.6 Å². The van der Waals surface area contributed by atoms with Gasteiger partial charge < -0.3 is 21.5 Å². The van der Waals surface area contributed by atoms with Gasteiger partial charge in [0, 0.05) is 11.6 Å². The van der Waals surface area contributed by atoms with E-state index in [4.69, 9.17) is 16.2 Å². The summed E-state index contributed by atoms with van der Waals surface area (Å²) in [7, 11) is 0. The van der Waals surface area contributed by atoms with Gasteiger partial charge in [-0.25, -0.2) is 14.4 Å². The predicted molar refractivity (Wildman–Crippen MR) is 109 cm³/mol. The third kappa shape index (κ3) is 4.88. The number of aromatic nitrogens is 2. The van der Waals surface area contributed by atoms with Gasteiger partial charge >= 0.3 is 0 Å². The van der Waals surface area contributed by atoms with Gasteiger partial charge in [-0.05, 0) is 62.4 Å². The Bertz CT molecular complexity index is 1080. The number of carbonyl (C=O) groups excluding carboxylic acids is 2. The Kier molecular flexibility index (Phi) is 5.63. The number of ether oxygens (including phenoxy) is 1. The van der Waals surface area contributed by atoms with E-state index in [2.05, 4.69) is 15.3 Å². The molecule has 154 valence electrons. The second-order valence-electron chi connectivity index (χ2n) is 7.02. The molecule has 0 bridgehead atoms. The molecular formula is C21H20FN5O3. The molecule has 1 heterocycles. The van der Waals surface area contributed by atoms with Crippen LogP contribution in [0.5, 0.6) is 11.5 Å². The van der Waals surface area contributed by atoms with Gasteiger partial charge in [0.15, 0.2) is 5.82 Å². The molecule has 0 aliphatic heterocycles. The SMILES string of the molecule is CC(C)(Nc1cc(C(N)=O)nc(-c2ccc(Oc3ccc(F)cc3)cc2)n1)C(N)=O. The first-order chi connectivity index (χ1) is 14.1. The monoisotopic (exact) mass is 409 g/mol. The minimum absolute atomic E-state index is 0.0191. The zero-order valence-electron chi connectivity index (χ0n) is 16.3. The molecule has 2 amide bonds. The fourth-order valence-electron chi connectivity index (χ4n) is 2.46. The average molecular weight is 409 g/mol. The number of nitrogens with zero attached hydrogens (tertiary/aromatic N) is 2. The van der Waals surface area contributed by atoms with Crippen LogP contribution in [0.2, 0.25) is 0 Å². The van der Waals surface area contributed by atoms with Crippen LogP contribution in [-0.4, -0.2) is 27.3 Å². The summed E-state index contributed by atoms with van der Waals surface area (Å²) in [5, 5.41) is 2.88. The molecule has 0 radical (unpaired) electrons. The Hall–Kier alpha value is -4.01. The van der Waals surface area contributed by atoms with Crippen LogP contribution < -0.4 is 21.5 Å². The third-order valence-electron chi connectivity index (χ3n) is 4.20. The van der Waals surface area contributed by atoms with Crippen molar-refractivity contribution in [2.24, 2.45) is 11.5 Å². The van der Waals surface area contributed by atoms with E-state index in [9.17, 15) is 14.0 Å². The molecule has 3 rings (SSSR count). The fourth-order valence-corrected chi connectivity index (χ4v) is 2.46. The number of hydrogen-bond donors (Lipinski definition) is 3. The molecule has 0 saturated heterocycles. The van der Waals surface area contributed by atoms with Crippen LogP contribution >= 0.6 is 0 Å². The first kappa shape index (κ1) is 20.7. The van der Waals surface area contributed by atoms with E-state index in [0.29, 0.717) is 17.1 Å². The summed E-state index contributed by atoms with van der Waals surface area (Å²) in [6, 6.07) is 13.7. The standard InChI is InChI=1S/C21H20FN5O3/c1-21(2,20(24)29)27-17-11-16(18(23)28)25-19(26-17)12-3-7-14(8-4-12)30-15-9-5-13(22)6-10-15/h3-11H,1-2H3,(H2,23,28)(H2,24,29)(H,25,26,27). The van der Waals surface area contributed by atoms with Gasteiger partial charge in [-0.1, -0.05) is 0 Å². The molecule has 0 aliphatic rings. The van der Waals surface area contributed by atoms with Crippen LogP contribution in [-0.2, 0) is 4.79 Å². The molecule has 0 saturated carbocycles. The van der Waals surface area contributed by atoms with Gasteiger partial charge in [-0.15, -0.1) is 0 Å². The lowest BCUT2D eigenvalue weighted by Gasteiger charge is -2.23. The van der Waals surface area contributed by atoms with Crippen molar-refractivity contribution in [3.63, 3.8) is 0 Å². The molecule has 0 spiro atoms. The predicted octanol–water partition coefficient (Wildman–Crippen LogP) is 2.85. The number of amides is 2. The van der Waals surface area contributed by atoms with Crippen LogP contribution in [0, 0.1) is 5.82 Å². The van der Waals surface area contributed by atoms with Crippen molar-refractivity contribution in [3.05, 3.63) is 66.1 Å². The van der Waals surface area contributed by atoms with Crippen molar-refractivity contribution in [2.45, 2.75) is 19.4 Å². The summed E-state index contributed by atoms with van der Waals surface area (Å²) in [6.07, 6.45) is 0. The number of carbonyl (C=O) groups is 2. The summed E-state index contributed by atoms with van der Waals surface area (Å²) in [4.78, 5) is 31.8. The van der Waals surface area contributed by atoms with Gasteiger partial charge in [0.1, 0.15) is 34.4 Å². The molecule has 0 atom stereocenters. The summed E-state index contributed by atoms with van der Waals surface area (Å²) in [5.74, 6) is -0.235. The van der Waals surface area contributed by atoms with Gasteiger partial charge in [0.05, 0.1) is 0 Å². The number of rotatable bonds is 7. The highest BCUT2D eigenvalue weighted by Gasteiger charge is 2.25. The number of benzene rings is 2. The lowest BCUT2D eigenvalue weighted by Crippen LogP contribution is -2.45. The molecule has 30 heavy (non-hydrogen) atoms. The molecule has 1 aromatic heterocycles. The Balaban J connectivity index is 1.89. The molecule has 3 aromatic rings.